The van der Waals surface area contributed by atoms with E-state index in [1.807, 2.05) is 12.5 Å². The molecule has 0 saturated heterocycles. The van der Waals surface area contributed by atoms with Gasteiger partial charge in [0.2, 0.25) is 47.3 Å². The molecule has 2 aromatic rings. The summed E-state index contributed by atoms with van der Waals surface area (Å²) in [6.45, 7) is 3.67. The maximum absolute atomic E-state index is 13.8. The molecule has 20 nitrogen and oxygen atoms in total. The summed E-state index contributed by atoms with van der Waals surface area (Å²) in [4.78, 5) is 124. The zero-order chi connectivity index (χ0) is 44.8. The predicted octanol–water partition coefficient (Wildman–Crippen LogP) is -2.48. The van der Waals surface area contributed by atoms with Gasteiger partial charge in [0.25, 0.3) is 5.91 Å². The van der Waals surface area contributed by atoms with Crippen LogP contribution in [0.2, 0.25) is 0 Å². The molecular formula is C39H54N9O11S+. The lowest BCUT2D eigenvalue weighted by molar-refractivity contribution is -0.143. The number of carbonyl (C=O) groups excluding carboxylic acids is 10. The van der Waals surface area contributed by atoms with Crippen molar-refractivity contribution in [2.24, 2.45) is 0 Å². The van der Waals surface area contributed by atoms with E-state index in [-0.39, 0.29) is 48.3 Å². The van der Waals surface area contributed by atoms with Crippen molar-refractivity contribution in [3.63, 3.8) is 0 Å². The maximum atomic E-state index is 13.8. The Morgan fingerprint density at radius 1 is 0.633 bits per heavy atom. The number of esters is 1. The van der Waals surface area contributed by atoms with Gasteiger partial charge in [-0.05, 0) is 49.4 Å². The summed E-state index contributed by atoms with van der Waals surface area (Å²) < 4.78 is 4.70. The molecule has 0 radical (unpaired) electrons. The first-order valence-electron chi connectivity index (χ1n) is 18.8. The second-order valence-electron chi connectivity index (χ2n) is 13.5. The van der Waals surface area contributed by atoms with Gasteiger partial charge < -0.3 is 52.6 Å². The van der Waals surface area contributed by atoms with Crippen LogP contribution in [0.1, 0.15) is 49.2 Å². The van der Waals surface area contributed by atoms with E-state index in [2.05, 4.69) is 47.9 Å². The highest BCUT2D eigenvalue weighted by Crippen LogP contribution is 2.19. The van der Waals surface area contributed by atoms with Gasteiger partial charge >= 0.3 is 5.97 Å². The van der Waals surface area contributed by atoms with Crippen LogP contribution in [0.25, 0.3) is 0 Å². The number of nitrogens with one attached hydrogen (secondary N) is 9. The van der Waals surface area contributed by atoms with Gasteiger partial charge in [-0.15, -0.1) is 0 Å². The van der Waals surface area contributed by atoms with Crippen LogP contribution < -0.4 is 47.9 Å². The van der Waals surface area contributed by atoms with Gasteiger partial charge in [0.15, 0.2) is 0 Å². The van der Waals surface area contributed by atoms with Gasteiger partial charge in [-0.3, -0.25) is 47.9 Å². The number of hydrogen-bond donors (Lipinski definition) is 9. The number of amides is 9. The third-order valence-corrected chi connectivity index (χ3v) is 8.93. The molecule has 21 heteroatoms. The minimum Gasteiger partial charge on any atom is -0.465 e. The van der Waals surface area contributed by atoms with Gasteiger partial charge in [0, 0.05) is 30.2 Å². The smallest absolute Gasteiger partial charge is 0.325 e. The fourth-order valence-electron chi connectivity index (χ4n) is 5.04. The zero-order valence-corrected chi connectivity index (χ0v) is 35.2. The third-order valence-electron chi connectivity index (χ3n) is 8.04. The van der Waals surface area contributed by atoms with Crippen LogP contribution in [-0.2, 0) is 71.0 Å². The molecule has 326 valence electrons. The Bertz CT molecular complexity index is 1880. The highest BCUT2D eigenvalue weighted by Gasteiger charge is 2.27. The van der Waals surface area contributed by atoms with Crippen molar-refractivity contribution in [2.75, 3.05) is 57.2 Å². The van der Waals surface area contributed by atoms with Gasteiger partial charge in [-0.25, -0.2) is 0 Å². The van der Waals surface area contributed by atoms with Crippen LogP contribution >= 0.6 is 0 Å². The number of ether oxygens (including phenoxy) is 1. The Morgan fingerprint density at radius 2 is 1.18 bits per heavy atom. The largest absolute Gasteiger partial charge is 0.465 e. The molecule has 60 heavy (non-hydrogen) atoms. The average Bonchev–Trinajstić information content (AvgIpc) is 3.20. The summed E-state index contributed by atoms with van der Waals surface area (Å²) in [5, 5.41) is 22.1. The molecule has 0 aliphatic heterocycles. The van der Waals surface area contributed by atoms with E-state index in [1.165, 1.54) is 26.8 Å². The monoisotopic (exact) mass is 856 g/mol. The van der Waals surface area contributed by atoms with E-state index in [0.29, 0.717) is 16.9 Å². The summed E-state index contributed by atoms with van der Waals surface area (Å²) in [6.07, 6.45) is 4.01. The van der Waals surface area contributed by atoms with Crippen LogP contribution in [-0.4, -0.2) is 129 Å². The summed E-state index contributed by atoms with van der Waals surface area (Å²) in [5.74, 6) is -5.85. The minimum atomic E-state index is -1.15. The first-order valence-corrected chi connectivity index (χ1v) is 21.0. The van der Waals surface area contributed by atoms with E-state index in [9.17, 15) is 47.9 Å². The molecule has 2 aromatic carbocycles. The van der Waals surface area contributed by atoms with Crippen LogP contribution in [0.15, 0.2) is 48.5 Å². The van der Waals surface area contributed by atoms with E-state index >= 15 is 0 Å². The normalized spacial score (nSPS) is 12.0. The standard InChI is InChI=1S/C39H53N9O11S/c1-7-59-35(54)21-43-32(51)18-41-31(50)17-42-33(52)19-44-38(57)29-16-28(14-13-27(29)22-60(5)6)47-39(58)30(15-26-11-9-8-10-12-26)48-37(56)24(3)46-36(55)23(2)45-34(53)20-40-25(4)49/h8-14,16,23-24,30H,7,15,17-22H2,1-6H3,(H8-,40,41,42,43,44,45,46,47,48,49,50,51,52,53,55,56,57,58)/p+1/t23-,24-,30-/m0/s1. The topological polar surface area (TPSA) is 288 Å². The summed E-state index contributed by atoms with van der Waals surface area (Å²) in [5.41, 5.74) is 1.74. The molecule has 9 amide bonds. The first kappa shape index (κ1) is 49.6. The van der Waals surface area contributed by atoms with Crippen LogP contribution in [0.5, 0.6) is 0 Å². The molecule has 0 unspecified atom stereocenters. The lowest BCUT2D eigenvalue weighted by Gasteiger charge is -2.23. The van der Waals surface area contributed by atoms with Crippen molar-refractivity contribution in [3.8, 4) is 0 Å². The Morgan fingerprint density at radius 3 is 1.77 bits per heavy atom. The number of anilines is 1. The fraction of sp³-hybridized carbons (Fsp3) is 0.436. The number of benzene rings is 2. The molecule has 0 spiro atoms. The molecule has 0 aliphatic carbocycles. The van der Waals surface area contributed by atoms with E-state index in [4.69, 9.17) is 4.74 Å². The van der Waals surface area contributed by atoms with Gasteiger partial charge in [0.05, 0.1) is 45.3 Å². The molecule has 2 rings (SSSR count). The first-order chi connectivity index (χ1) is 28.4. The molecule has 0 aromatic heterocycles. The summed E-state index contributed by atoms with van der Waals surface area (Å²) in [6, 6.07) is 10.2. The van der Waals surface area contributed by atoms with Gasteiger partial charge in [-0.1, -0.05) is 36.4 Å². The molecule has 0 bridgehead atoms. The molecule has 0 fully saturated rings. The second kappa shape index (κ2) is 25.8. The summed E-state index contributed by atoms with van der Waals surface area (Å²) >= 11 is 0. The lowest BCUT2D eigenvalue weighted by Crippen LogP contribution is -2.55. The lowest BCUT2D eigenvalue weighted by atomic mass is 10.0. The predicted molar refractivity (Wildman–Crippen MR) is 222 cm³/mol. The zero-order valence-electron chi connectivity index (χ0n) is 34.4. The van der Waals surface area contributed by atoms with Crippen molar-refractivity contribution in [2.45, 2.75) is 58.0 Å². The van der Waals surface area contributed by atoms with Crippen LogP contribution in [0, 0.1) is 0 Å². The van der Waals surface area contributed by atoms with Gasteiger partial charge in [-0.2, -0.15) is 0 Å². The number of rotatable bonds is 23. The molecular weight excluding hydrogens is 803 g/mol. The third kappa shape index (κ3) is 19.3. The number of carbonyl (C=O) groups is 10. The molecule has 0 heterocycles. The fourth-order valence-corrected chi connectivity index (χ4v) is 5.91. The Kier molecular flexibility index (Phi) is 21.3. The quantitative estimate of drug-likeness (QED) is 0.0417. The molecule has 0 saturated carbocycles. The van der Waals surface area contributed by atoms with Crippen molar-refractivity contribution in [1.82, 2.24) is 42.5 Å². The molecule has 9 N–H and O–H groups in total. The highest BCUT2D eigenvalue weighted by molar-refractivity contribution is 7.94. The number of hydrogen-bond acceptors (Lipinski definition) is 11. The Labute approximate surface area is 350 Å². The summed E-state index contributed by atoms with van der Waals surface area (Å²) in [7, 11) is -0.153. The van der Waals surface area contributed by atoms with E-state index in [0.717, 1.165) is 0 Å². The van der Waals surface area contributed by atoms with Gasteiger partial charge in [0.1, 0.15) is 30.4 Å². The minimum absolute atomic E-state index is 0.0599. The highest BCUT2D eigenvalue weighted by atomic mass is 32.2. The van der Waals surface area contributed by atoms with Crippen molar-refractivity contribution in [1.29, 1.82) is 0 Å². The van der Waals surface area contributed by atoms with Crippen molar-refractivity contribution >= 4 is 75.7 Å². The van der Waals surface area contributed by atoms with Crippen LogP contribution in [0.4, 0.5) is 5.69 Å². The second-order valence-corrected chi connectivity index (χ2v) is 15.7. The Hall–Kier alpha value is -6.51. The molecule has 3 atom stereocenters. The van der Waals surface area contributed by atoms with Crippen molar-refractivity contribution in [3.05, 3.63) is 65.2 Å². The SMILES string of the molecule is CCOC(=O)CNC(=O)CNC(=O)CNC(=O)CNC(=O)c1cc(NC(=O)[C@H](Cc2ccccc2)NC(=O)[C@H](C)NC(=O)[C@H](C)NC(=O)CNC(C)=O)ccc1C[S+](C)C. The van der Waals surface area contributed by atoms with Crippen molar-refractivity contribution < 1.29 is 52.7 Å². The van der Waals surface area contributed by atoms with E-state index in [1.54, 1.807) is 49.4 Å². The van der Waals surface area contributed by atoms with Crippen LogP contribution in [0.3, 0.4) is 0 Å². The van der Waals surface area contributed by atoms with E-state index < -0.39 is 96.9 Å². The average molecular weight is 857 g/mol. The Balaban J connectivity index is 2.09. The molecule has 0 aliphatic rings. The maximum Gasteiger partial charge on any atom is 0.325 e.